The summed E-state index contributed by atoms with van der Waals surface area (Å²) in [5.41, 5.74) is 5.35. The van der Waals surface area contributed by atoms with E-state index in [1.807, 2.05) is 0 Å². The van der Waals surface area contributed by atoms with Crippen LogP contribution in [-0.4, -0.2) is 9.55 Å². The van der Waals surface area contributed by atoms with Crippen LogP contribution < -0.4 is 11.3 Å². The average molecular weight is 165 g/mol. The van der Waals surface area contributed by atoms with Gasteiger partial charge in [0.05, 0.1) is 6.20 Å². The normalized spacial score (nSPS) is 9.75. The molecular formula is C8H11N3O. The molecular weight excluding hydrogens is 154 g/mol. The Morgan fingerprint density at radius 2 is 2.50 bits per heavy atom. The van der Waals surface area contributed by atoms with Crippen molar-refractivity contribution in [3.8, 4) is 0 Å². The molecule has 0 saturated carbocycles. The van der Waals surface area contributed by atoms with E-state index >= 15 is 0 Å². The fourth-order valence-corrected chi connectivity index (χ4v) is 0.935. The number of nitrogens with zero attached hydrogens (tertiary/aromatic N) is 2. The topological polar surface area (TPSA) is 60.9 Å². The van der Waals surface area contributed by atoms with Gasteiger partial charge in [0.15, 0.2) is 0 Å². The van der Waals surface area contributed by atoms with Gasteiger partial charge in [0.1, 0.15) is 11.5 Å². The third kappa shape index (κ3) is 1.37. The summed E-state index contributed by atoms with van der Waals surface area (Å²) in [6.45, 7) is 5.74. The minimum atomic E-state index is -0.206. The smallest absolute Gasteiger partial charge is 0.276 e. The van der Waals surface area contributed by atoms with Gasteiger partial charge in [-0.3, -0.25) is 9.36 Å². The van der Waals surface area contributed by atoms with Crippen LogP contribution in [0.2, 0.25) is 0 Å². The van der Waals surface area contributed by atoms with Crippen LogP contribution in [0.3, 0.4) is 0 Å². The quantitative estimate of drug-likeness (QED) is 0.642. The van der Waals surface area contributed by atoms with E-state index in [1.165, 1.54) is 10.8 Å². The van der Waals surface area contributed by atoms with Crippen LogP contribution in [0.15, 0.2) is 23.6 Å². The molecule has 0 radical (unpaired) electrons. The van der Waals surface area contributed by atoms with E-state index in [1.54, 1.807) is 13.0 Å². The predicted molar refractivity (Wildman–Crippen MR) is 47.8 cm³/mol. The van der Waals surface area contributed by atoms with Gasteiger partial charge in [-0.25, -0.2) is 4.98 Å². The molecule has 0 unspecified atom stereocenters. The lowest BCUT2D eigenvalue weighted by molar-refractivity contribution is 0.719. The maximum absolute atomic E-state index is 11.3. The minimum Gasteiger partial charge on any atom is -0.393 e. The average Bonchev–Trinajstić information content (AvgIpc) is 2.06. The molecule has 0 aliphatic heterocycles. The lowest BCUT2D eigenvalue weighted by Crippen LogP contribution is -2.25. The fraction of sp³-hybridized carbons (Fsp3) is 0.250. The van der Waals surface area contributed by atoms with E-state index < -0.39 is 0 Å². The zero-order chi connectivity index (χ0) is 9.14. The maximum Gasteiger partial charge on any atom is 0.276 e. The summed E-state index contributed by atoms with van der Waals surface area (Å²) >= 11 is 0. The highest BCUT2D eigenvalue weighted by atomic mass is 16.1. The van der Waals surface area contributed by atoms with E-state index in [0.29, 0.717) is 12.4 Å². The number of anilines is 1. The van der Waals surface area contributed by atoms with Gasteiger partial charge >= 0.3 is 0 Å². The van der Waals surface area contributed by atoms with Crippen LogP contribution in [0.5, 0.6) is 0 Å². The van der Waals surface area contributed by atoms with Crippen molar-refractivity contribution in [3.05, 3.63) is 35.0 Å². The second-order valence-corrected chi connectivity index (χ2v) is 2.47. The summed E-state index contributed by atoms with van der Waals surface area (Å²) in [4.78, 5) is 15.3. The van der Waals surface area contributed by atoms with E-state index in [4.69, 9.17) is 5.73 Å². The van der Waals surface area contributed by atoms with Crippen LogP contribution in [0.4, 0.5) is 5.69 Å². The Hall–Kier alpha value is -1.58. The molecule has 1 aromatic rings. The zero-order valence-corrected chi connectivity index (χ0v) is 6.95. The van der Waals surface area contributed by atoms with Gasteiger partial charge in [-0.05, 0) is 6.92 Å². The largest absolute Gasteiger partial charge is 0.393 e. The lowest BCUT2D eigenvalue weighted by Gasteiger charge is -2.05. The third-order valence-corrected chi connectivity index (χ3v) is 1.58. The SMILES string of the molecule is C=CCn1c(C)ncc(N)c1=O. The summed E-state index contributed by atoms with van der Waals surface area (Å²) in [6, 6.07) is 0. The first-order chi connectivity index (χ1) is 5.66. The van der Waals surface area contributed by atoms with Crippen LogP contribution in [0.1, 0.15) is 5.82 Å². The van der Waals surface area contributed by atoms with Gasteiger partial charge in [-0.1, -0.05) is 6.08 Å². The number of aryl methyl sites for hydroxylation is 1. The Balaban J connectivity index is 3.32. The molecule has 0 aliphatic rings. The van der Waals surface area contributed by atoms with Crippen LogP contribution in [0, 0.1) is 6.92 Å². The summed E-state index contributed by atoms with van der Waals surface area (Å²) in [6.07, 6.45) is 3.01. The first-order valence-electron chi connectivity index (χ1n) is 3.59. The molecule has 0 bridgehead atoms. The standard InChI is InChI=1S/C8H11N3O/c1-3-4-11-6(2)10-5-7(9)8(11)12/h3,5H,1,4,9H2,2H3. The number of aromatic nitrogens is 2. The van der Waals surface area contributed by atoms with Crippen molar-refractivity contribution in [3.63, 3.8) is 0 Å². The van der Waals surface area contributed by atoms with Crippen LogP contribution in [-0.2, 0) is 6.54 Å². The molecule has 1 heterocycles. The van der Waals surface area contributed by atoms with E-state index in [9.17, 15) is 4.79 Å². The highest BCUT2D eigenvalue weighted by molar-refractivity contribution is 5.31. The molecule has 0 amide bonds. The van der Waals surface area contributed by atoms with Gasteiger partial charge in [-0.2, -0.15) is 0 Å². The highest BCUT2D eigenvalue weighted by Gasteiger charge is 2.01. The Kier molecular flexibility index (Phi) is 2.28. The van der Waals surface area contributed by atoms with Crippen molar-refractivity contribution in [2.24, 2.45) is 0 Å². The Morgan fingerprint density at radius 3 is 3.08 bits per heavy atom. The monoisotopic (exact) mass is 165 g/mol. The molecule has 0 atom stereocenters. The Bertz CT molecular complexity index is 354. The summed E-state index contributed by atoms with van der Waals surface area (Å²) in [5.74, 6) is 0.647. The van der Waals surface area contributed by atoms with Gasteiger partial charge in [0.2, 0.25) is 0 Å². The molecule has 2 N–H and O–H groups in total. The Labute approximate surface area is 70.4 Å². The molecule has 0 spiro atoms. The summed E-state index contributed by atoms with van der Waals surface area (Å²) in [7, 11) is 0. The van der Waals surface area contributed by atoms with Crippen molar-refractivity contribution in [1.29, 1.82) is 0 Å². The van der Waals surface area contributed by atoms with Gasteiger partial charge in [0.25, 0.3) is 5.56 Å². The zero-order valence-electron chi connectivity index (χ0n) is 6.95. The molecule has 1 rings (SSSR count). The lowest BCUT2D eigenvalue weighted by atomic mass is 10.4. The molecule has 4 heteroatoms. The first kappa shape index (κ1) is 8.52. The molecule has 64 valence electrons. The number of rotatable bonds is 2. The van der Waals surface area contributed by atoms with Crippen LogP contribution >= 0.6 is 0 Å². The van der Waals surface area contributed by atoms with Crippen LogP contribution in [0.25, 0.3) is 0 Å². The molecule has 1 aromatic heterocycles. The first-order valence-corrected chi connectivity index (χ1v) is 3.59. The van der Waals surface area contributed by atoms with Gasteiger partial charge in [0, 0.05) is 6.54 Å². The van der Waals surface area contributed by atoms with E-state index in [2.05, 4.69) is 11.6 Å². The second-order valence-electron chi connectivity index (χ2n) is 2.47. The highest BCUT2D eigenvalue weighted by Crippen LogP contribution is 1.94. The van der Waals surface area contributed by atoms with Crippen molar-refractivity contribution in [1.82, 2.24) is 9.55 Å². The van der Waals surface area contributed by atoms with E-state index in [-0.39, 0.29) is 11.2 Å². The van der Waals surface area contributed by atoms with Crippen molar-refractivity contribution >= 4 is 5.69 Å². The molecule has 4 nitrogen and oxygen atoms in total. The number of allylic oxidation sites excluding steroid dienone is 1. The second kappa shape index (κ2) is 3.21. The van der Waals surface area contributed by atoms with Crippen molar-refractivity contribution in [2.45, 2.75) is 13.5 Å². The molecule has 0 aromatic carbocycles. The minimum absolute atomic E-state index is 0.169. The maximum atomic E-state index is 11.3. The molecule has 0 aliphatic carbocycles. The number of hydrogen-bond donors (Lipinski definition) is 1. The number of nitrogens with two attached hydrogens (primary N) is 1. The third-order valence-electron chi connectivity index (χ3n) is 1.58. The predicted octanol–water partition coefficient (Wildman–Crippen LogP) is 0.320. The Morgan fingerprint density at radius 1 is 1.83 bits per heavy atom. The van der Waals surface area contributed by atoms with Gasteiger partial charge < -0.3 is 5.73 Å². The summed E-state index contributed by atoms with van der Waals surface area (Å²) in [5, 5.41) is 0. The molecule has 12 heavy (non-hydrogen) atoms. The summed E-state index contributed by atoms with van der Waals surface area (Å²) < 4.78 is 1.47. The van der Waals surface area contributed by atoms with Crippen molar-refractivity contribution < 1.29 is 0 Å². The molecule has 0 saturated heterocycles. The van der Waals surface area contributed by atoms with Crippen molar-refractivity contribution in [2.75, 3.05) is 5.73 Å². The van der Waals surface area contributed by atoms with E-state index in [0.717, 1.165) is 0 Å². The fourth-order valence-electron chi connectivity index (χ4n) is 0.935. The van der Waals surface area contributed by atoms with Gasteiger partial charge in [-0.15, -0.1) is 6.58 Å². The number of nitrogen functional groups attached to an aromatic ring is 1. The molecule has 0 fully saturated rings. The number of hydrogen-bond acceptors (Lipinski definition) is 3.